The molecule has 2 fully saturated rings. The van der Waals surface area contributed by atoms with Gasteiger partial charge in [0.1, 0.15) is 6.04 Å². The summed E-state index contributed by atoms with van der Waals surface area (Å²) in [4.78, 5) is 38.0. The Labute approximate surface area is 151 Å². The number of hydrogen-bond acceptors (Lipinski definition) is 3. The highest BCUT2D eigenvalue weighted by atomic mass is 16.2. The molecule has 2 N–H and O–H groups in total. The minimum absolute atomic E-state index is 0.0166. The van der Waals surface area contributed by atoms with Crippen LogP contribution in [-0.4, -0.2) is 47.8 Å². The van der Waals surface area contributed by atoms with Gasteiger partial charge < -0.3 is 15.5 Å². The summed E-state index contributed by atoms with van der Waals surface area (Å²) in [5.74, 6) is 0.428. The lowest BCUT2D eigenvalue weighted by Crippen LogP contribution is -2.50. The fourth-order valence-electron chi connectivity index (χ4n) is 3.70. The summed E-state index contributed by atoms with van der Waals surface area (Å²) < 4.78 is 0. The normalized spacial score (nSPS) is 24.2. The summed E-state index contributed by atoms with van der Waals surface area (Å²) >= 11 is 0. The van der Waals surface area contributed by atoms with E-state index in [9.17, 15) is 14.4 Å². The van der Waals surface area contributed by atoms with Crippen LogP contribution < -0.4 is 10.6 Å². The zero-order chi connectivity index (χ0) is 18.4. The van der Waals surface area contributed by atoms with E-state index in [1.54, 1.807) is 4.90 Å². The summed E-state index contributed by atoms with van der Waals surface area (Å²) in [6.07, 6.45) is 6.87. The number of rotatable bonds is 10. The van der Waals surface area contributed by atoms with Crippen LogP contribution in [0.1, 0.15) is 65.7 Å². The molecule has 2 rings (SSSR count). The van der Waals surface area contributed by atoms with Crippen molar-refractivity contribution in [2.24, 2.45) is 11.8 Å². The van der Waals surface area contributed by atoms with E-state index in [0.29, 0.717) is 24.9 Å². The molecule has 1 aliphatic carbocycles. The minimum atomic E-state index is -0.409. The Morgan fingerprint density at radius 3 is 2.52 bits per heavy atom. The highest BCUT2D eigenvalue weighted by Gasteiger charge is 2.40. The zero-order valence-corrected chi connectivity index (χ0v) is 15.8. The molecule has 142 valence electrons. The van der Waals surface area contributed by atoms with Crippen LogP contribution in [-0.2, 0) is 14.4 Å². The number of nitrogens with one attached hydrogen (secondary N) is 2. The Morgan fingerprint density at radius 1 is 1.24 bits per heavy atom. The SMILES string of the molecule is CCCCC(CC(=O)NC1CC1)NC(=O)C1C(C(C)C)CCN1C=O. The third kappa shape index (κ3) is 5.72. The van der Waals surface area contributed by atoms with Crippen LogP contribution in [0.4, 0.5) is 0 Å². The van der Waals surface area contributed by atoms with Gasteiger partial charge in [0.2, 0.25) is 18.2 Å². The van der Waals surface area contributed by atoms with Crippen molar-refractivity contribution in [3.8, 4) is 0 Å². The van der Waals surface area contributed by atoms with Gasteiger partial charge in [0.05, 0.1) is 0 Å². The van der Waals surface area contributed by atoms with Gasteiger partial charge in [-0.15, -0.1) is 0 Å². The molecule has 2 aliphatic rings. The highest BCUT2D eigenvalue weighted by molar-refractivity contribution is 5.85. The van der Waals surface area contributed by atoms with E-state index >= 15 is 0 Å². The maximum absolute atomic E-state index is 12.9. The molecule has 0 aromatic heterocycles. The van der Waals surface area contributed by atoms with Crippen LogP contribution in [0.15, 0.2) is 0 Å². The first-order valence-corrected chi connectivity index (χ1v) is 9.77. The monoisotopic (exact) mass is 351 g/mol. The van der Waals surface area contributed by atoms with Gasteiger partial charge in [-0.2, -0.15) is 0 Å². The van der Waals surface area contributed by atoms with Gasteiger partial charge in [-0.3, -0.25) is 14.4 Å². The van der Waals surface area contributed by atoms with Crippen molar-refractivity contribution >= 4 is 18.2 Å². The zero-order valence-electron chi connectivity index (χ0n) is 15.8. The number of carbonyl (C=O) groups is 3. The largest absolute Gasteiger partial charge is 0.353 e. The van der Waals surface area contributed by atoms with Crippen LogP contribution >= 0.6 is 0 Å². The molecule has 6 nitrogen and oxygen atoms in total. The predicted molar refractivity (Wildman–Crippen MR) is 96.7 cm³/mol. The molecule has 1 aliphatic heterocycles. The van der Waals surface area contributed by atoms with Gasteiger partial charge in [0.15, 0.2) is 0 Å². The van der Waals surface area contributed by atoms with Crippen LogP contribution in [0.25, 0.3) is 0 Å². The van der Waals surface area contributed by atoms with Gasteiger partial charge in [-0.25, -0.2) is 0 Å². The first kappa shape index (κ1) is 19.7. The van der Waals surface area contributed by atoms with Crippen molar-refractivity contribution in [3.63, 3.8) is 0 Å². The number of hydrogen-bond donors (Lipinski definition) is 2. The first-order chi connectivity index (χ1) is 12.0. The van der Waals surface area contributed by atoms with Crippen LogP contribution in [0.3, 0.4) is 0 Å². The predicted octanol–water partition coefficient (Wildman–Crippen LogP) is 1.83. The Balaban J connectivity index is 1.97. The second kappa shape index (κ2) is 9.20. The molecule has 1 saturated carbocycles. The third-order valence-electron chi connectivity index (χ3n) is 5.37. The summed E-state index contributed by atoms with van der Waals surface area (Å²) in [7, 11) is 0. The smallest absolute Gasteiger partial charge is 0.243 e. The van der Waals surface area contributed by atoms with Crippen molar-refractivity contribution in [2.75, 3.05) is 6.54 Å². The second-order valence-corrected chi connectivity index (χ2v) is 7.88. The van der Waals surface area contributed by atoms with Crippen molar-refractivity contribution in [2.45, 2.75) is 83.8 Å². The lowest BCUT2D eigenvalue weighted by atomic mass is 9.88. The molecule has 6 heteroatoms. The van der Waals surface area contributed by atoms with E-state index in [4.69, 9.17) is 0 Å². The van der Waals surface area contributed by atoms with Crippen LogP contribution in [0, 0.1) is 11.8 Å². The van der Waals surface area contributed by atoms with E-state index in [0.717, 1.165) is 44.9 Å². The first-order valence-electron chi connectivity index (χ1n) is 9.77. The summed E-state index contributed by atoms with van der Waals surface area (Å²) in [5, 5.41) is 6.06. The topological polar surface area (TPSA) is 78.5 Å². The molecule has 1 heterocycles. The van der Waals surface area contributed by atoms with E-state index < -0.39 is 6.04 Å². The van der Waals surface area contributed by atoms with Crippen molar-refractivity contribution in [1.29, 1.82) is 0 Å². The van der Waals surface area contributed by atoms with E-state index in [2.05, 4.69) is 31.4 Å². The molecule has 3 unspecified atom stereocenters. The number of nitrogens with zero attached hydrogens (tertiary/aromatic N) is 1. The van der Waals surface area contributed by atoms with Gasteiger partial charge in [0, 0.05) is 25.0 Å². The quantitative estimate of drug-likeness (QED) is 0.590. The molecule has 3 amide bonds. The van der Waals surface area contributed by atoms with Crippen molar-refractivity contribution < 1.29 is 14.4 Å². The van der Waals surface area contributed by atoms with Crippen LogP contribution in [0.5, 0.6) is 0 Å². The fourth-order valence-corrected chi connectivity index (χ4v) is 3.70. The van der Waals surface area contributed by atoms with Gasteiger partial charge in [-0.05, 0) is 37.5 Å². The third-order valence-corrected chi connectivity index (χ3v) is 5.37. The molecule has 0 aromatic carbocycles. The average molecular weight is 351 g/mol. The molecule has 1 saturated heterocycles. The fraction of sp³-hybridized carbons (Fsp3) is 0.842. The average Bonchev–Trinajstić information content (AvgIpc) is 3.25. The molecule has 0 bridgehead atoms. The van der Waals surface area contributed by atoms with Gasteiger partial charge in [-0.1, -0.05) is 33.6 Å². The number of amides is 3. The molecule has 0 radical (unpaired) electrons. The highest BCUT2D eigenvalue weighted by Crippen LogP contribution is 2.30. The number of carbonyl (C=O) groups excluding carboxylic acids is 3. The summed E-state index contributed by atoms with van der Waals surface area (Å²) in [6.45, 7) is 6.92. The molecule has 0 aromatic rings. The molecule has 3 atom stereocenters. The van der Waals surface area contributed by atoms with Crippen LogP contribution in [0.2, 0.25) is 0 Å². The van der Waals surface area contributed by atoms with Crippen molar-refractivity contribution in [1.82, 2.24) is 15.5 Å². The lowest BCUT2D eigenvalue weighted by molar-refractivity contribution is -0.133. The number of unbranched alkanes of at least 4 members (excludes halogenated alkanes) is 1. The van der Waals surface area contributed by atoms with Gasteiger partial charge in [0.25, 0.3) is 0 Å². The van der Waals surface area contributed by atoms with E-state index in [-0.39, 0.29) is 23.8 Å². The molecule has 0 spiro atoms. The Kier molecular flexibility index (Phi) is 7.26. The maximum atomic E-state index is 12.9. The molecular formula is C19H33N3O3. The Bertz CT molecular complexity index is 477. The van der Waals surface area contributed by atoms with E-state index in [1.807, 2.05) is 0 Å². The molecule has 25 heavy (non-hydrogen) atoms. The minimum Gasteiger partial charge on any atom is -0.353 e. The number of likely N-dealkylation sites (tertiary alicyclic amines) is 1. The van der Waals surface area contributed by atoms with Gasteiger partial charge >= 0.3 is 0 Å². The Morgan fingerprint density at radius 2 is 1.96 bits per heavy atom. The standard InChI is InChI=1S/C19H33N3O3/c1-4-5-6-15(11-17(24)20-14-7-8-14)21-19(25)18-16(13(2)3)9-10-22(18)12-23/h12-16,18H,4-11H2,1-3H3,(H,20,24)(H,21,25). The maximum Gasteiger partial charge on any atom is 0.243 e. The lowest BCUT2D eigenvalue weighted by Gasteiger charge is -2.28. The summed E-state index contributed by atoms with van der Waals surface area (Å²) in [6, 6.07) is -0.234. The second-order valence-electron chi connectivity index (χ2n) is 7.88. The van der Waals surface area contributed by atoms with Crippen molar-refractivity contribution in [3.05, 3.63) is 0 Å². The summed E-state index contributed by atoms with van der Waals surface area (Å²) in [5.41, 5.74) is 0. The Hall–Kier alpha value is -1.59. The van der Waals surface area contributed by atoms with E-state index in [1.165, 1.54) is 0 Å². The molecular weight excluding hydrogens is 318 g/mol.